The van der Waals surface area contributed by atoms with E-state index in [1.807, 2.05) is 19.1 Å². The lowest BCUT2D eigenvalue weighted by atomic mass is 9.89. The number of hydrogen-bond acceptors (Lipinski definition) is 7. The summed E-state index contributed by atoms with van der Waals surface area (Å²) in [5.74, 6) is 5.26. The van der Waals surface area contributed by atoms with Gasteiger partial charge in [-0.25, -0.2) is 4.79 Å². The summed E-state index contributed by atoms with van der Waals surface area (Å²) in [4.78, 5) is 23.7. The quantitative estimate of drug-likeness (QED) is 0.319. The molecule has 0 spiro atoms. The van der Waals surface area contributed by atoms with E-state index in [0.717, 1.165) is 19.3 Å². The number of fused-ring (bicyclic) bond motifs is 1. The maximum absolute atomic E-state index is 12.3. The predicted octanol–water partition coefficient (Wildman–Crippen LogP) is 3.88. The Balaban J connectivity index is 1.61. The third-order valence-electron chi connectivity index (χ3n) is 7.29. The molecule has 7 nitrogen and oxygen atoms in total. The number of aryl methyl sites for hydroxylation is 1. The smallest absolute Gasteiger partial charge is 0.468 e. The highest BCUT2D eigenvalue weighted by molar-refractivity contribution is 5.77. The average molecular weight is 473 g/mol. The Morgan fingerprint density at radius 3 is 2.74 bits per heavy atom. The zero-order chi connectivity index (χ0) is 24.8. The standard InChI is InChI=1S/C27H36O7/c1-5-6-8-16(2)23(28)12-11-20-22-14-18(13-19(22)15-24(20)29)9-7-10-21(26(30)32-4)25-17(3)33-27(31)34-25/h9,11-12,16,19-24,28-29H,7-8,10,13-15H2,1-4H3/t16?,19-,20+,21?,22-,23+,24+/m0/s1. The van der Waals surface area contributed by atoms with Crippen molar-refractivity contribution in [1.29, 1.82) is 0 Å². The highest BCUT2D eigenvalue weighted by Gasteiger charge is 2.45. The lowest BCUT2D eigenvalue weighted by molar-refractivity contribution is -0.143. The van der Waals surface area contributed by atoms with Crippen LogP contribution in [0.25, 0.3) is 0 Å². The van der Waals surface area contributed by atoms with Gasteiger partial charge in [-0.05, 0) is 63.7 Å². The van der Waals surface area contributed by atoms with Crippen molar-refractivity contribution in [2.24, 2.45) is 23.7 Å². The third-order valence-corrected chi connectivity index (χ3v) is 7.29. The molecule has 2 fully saturated rings. The molecule has 7 atom stereocenters. The molecule has 186 valence electrons. The van der Waals surface area contributed by atoms with Gasteiger partial charge in [-0.2, -0.15) is 0 Å². The van der Waals surface area contributed by atoms with Crippen LogP contribution in [0.2, 0.25) is 0 Å². The molecule has 1 aromatic heterocycles. The first kappa shape index (κ1) is 26.1. The Kier molecular flexibility index (Phi) is 8.98. The molecule has 0 radical (unpaired) electrons. The summed E-state index contributed by atoms with van der Waals surface area (Å²) in [6, 6.07) is 0. The number of aliphatic hydroxyl groups is 2. The Hall–Kier alpha value is -2.56. The van der Waals surface area contributed by atoms with Crippen molar-refractivity contribution in [2.75, 3.05) is 7.11 Å². The molecule has 7 heteroatoms. The molecule has 2 unspecified atom stereocenters. The minimum atomic E-state index is -0.821. The molecule has 2 saturated carbocycles. The molecule has 3 rings (SSSR count). The highest BCUT2D eigenvalue weighted by Crippen LogP contribution is 2.50. The van der Waals surface area contributed by atoms with Crippen LogP contribution in [0.15, 0.2) is 37.4 Å². The van der Waals surface area contributed by atoms with Gasteiger partial charge in [-0.3, -0.25) is 4.79 Å². The van der Waals surface area contributed by atoms with Crippen LogP contribution in [-0.4, -0.2) is 35.5 Å². The van der Waals surface area contributed by atoms with E-state index in [4.69, 9.17) is 13.6 Å². The summed E-state index contributed by atoms with van der Waals surface area (Å²) in [7, 11) is 1.31. The van der Waals surface area contributed by atoms with Crippen LogP contribution in [0.5, 0.6) is 0 Å². The first-order valence-corrected chi connectivity index (χ1v) is 12.0. The van der Waals surface area contributed by atoms with Gasteiger partial charge in [0.05, 0.1) is 19.3 Å². The molecule has 0 amide bonds. The van der Waals surface area contributed by atoms with Gasteiger partial charge in [-0.15, -0.1) is 11.8 Å². The predicted molar refractivity (Wildman–Crippen MR) is 127 cm³/mol. The van der Waals surface area contributed by atoms with Crippen LogP contribution in [0.3, 0.4) is 0 Å². The Labute approximate surface area is 200 Å². The molecule has 0 saturated heterocycles. The summed E-state index contributed by atoms with van der Waals surface area (Å²) < 4.78 is 14.9. The van der Waals surface area contributed by atoms with E-state index in [0.29, 0.717) is 36.9 Å². The van der Waals surface area contributed by atoms with E-state index in [2.05, 4.69) is 17.9 Å². The van der Waals surface area contributed by atoms with Crippen LogP contribution in [0.4, 0.5) is 0 Å². The summed E-state index contributed by atoms with van der Waals surface area (Å²) in [5.41, 5.74) is 1.32. The summed E-state index contributed by atoms with van der Waals surface area (Å²) in [6.07, 6.45) is 9.33. The summed E-state index contributed by atoms with van der Waals surface area (Å²) in [6.45, 7) is 5.36. The maximum Gasteiger partial charge on any atom is 0.519 e. The van der Waals surface area contributed by atoms with Gasteiger partial charge < -0.3 is 23.8 Å². The van der Waals surface area contributed by atoms with E-state index >= 15 is 0 Å². The van der Waals surface area contributed by atoms with Gasteiger partial charge in [0.15, 0.2) is 5.76 Å². The van der Waals surface area contributed by atoms with Crippen molar-refractivity contribution in [3.05, 3.63) is 45.9 Å². The normalized spacial score (nSPS) is 27.9. The van der Waals surface area contributed by atoms with Crippen molar-refractivity contribution in [2.45, 2.75) is 77.4 Å². The van der Waals surface area contributed by atoms with E-state index < -0.39 is 23.8 Å². The molecule has 2 aliphatic carbocycles. The van der Waals surface area contributed by atoms with Gasteiger partial charge in [0, 0.05) is 12.3 Å². The Bertz CT molecular complexity index is 1020. The van der Waals surface area contributed by atoms with E-state index in [1.165, 1.54) is 12.7 Å². The lowest BCUT2D eigenvalue weighted by Crippen LogP contribution is -2.19. The molecule has 34 heavy (non-hydrogen) atoms. The highest BCUT2D eigenvalue weighted by atomic mass is 16.6. The molecular formula is C27H36O7. The van der Waals surface area contributed by atoms with Gasteiger partial charge in [0.25, 0.3) is 0 Å². The number of ether oxygens (including phenoxy) is 1. The van der Waals surface area contributed by atoms with Gasteiger partial charge in [0.2, 0.25) is 0 Å². The Morgan fingerprint density at radius 2 is 2.09 bits per heavy atom. The minimum absolute atomic E-state index is 0.0284. The third kappa shape index (κ3) is 6.11. The van der Waals surface area contributed by atoms with Crippen molar-refractivity contribution in [3.8, 4) is 11.8 Å². The number of esters is 1. The number of aliphatic hydroxyl groups excluding tert-OH is 2. The van der Waals surface area contributed by atoms with Gasteiger partial charge in [0.1, 0.15) is 11.7 Å². The molecular weight excluding hydrogens is 436 g/mol. The molecule has 2 aliphatic rings. The minimum Gasteiger partial charge on any atom is -0.468 e. The van der Waals surface area contributed by atoms with E-state index in [1.54, 1.807) is 13.8 Å². The summed E-state index contributed by atoms with van der Waals surface area (Å²) in [5, 5.41) is 21.0. The number of methoxy groups -OCH3 is 1. The Morgan fingerprint density at radius 1 is 1.32 bits per heavy atom. The van der Waals surface area contributed by atoms with E-state index in [-0.39, 0.29) is 23.7 Å². The molecule has 1 aromatic rings. The fraction of sp³-hybridized carbons (Fsp3) is 0.630. The van der Waals surface area contributed by atoms with E-state index in [9.17, 15) is 19.8 Å². The SMILES string of the molecule is CC#CCC(C)[C@H](O)C=C[C@@H]1[C@H]2CC(=CCCC(C(=O)OC)c3oc(=O)oc3C)C[C@H]2C[C@H]1O. The first-order chi connectivity index (χ1) is 16.2. The largest absolute Gasteiger partial charge is 0.519 e. The molecule has 2 N–H and O–H groups in total. The topological polar surface area (TPSA) is 110 Å². The van der Waals surface area contributed by atoms with Gasteiger partial charge >= 0.3 is 11.8 Å². The lowest BCUT2D eigenvalue weighted by Gasteiger charge is -2.19. The van der Waals surface area contributed by atoms with Crippen molar-refractivity contribution in [3.63, 3.8) is 0 Å². The van der Waals surface area contributed by atoms with Crippen molar-refractivity contribution < 1.29 is 28.6 Å². The number of carbonyl (C=O) groups excluding carboxylic acids is 1. The molecule has 1 heterocycles. The number of allylic oxidation sites excluding steroid dienone is 2. The average Bonchev–Trinajstić information content (AvgIpc) is 3.44. The second kappa shape index (κ2) is 11.7. The van der Waals surface area contributed by atoms with Crippen molar-refractivity contribution in [1.82, 2.24) is 0 Å². The number of hydrogen-bond donors (Lipinski definition) is 2. The second-order valence-electron chi connectivity index (χ2n) is 9.59. The monoisotopic (exact) mass is 472 g/mol. The molecule has 0 aliphatic heterocycles. The second-order valence-corrected chi connectivity index (χ2v) is 9.59. The summed E-state index contributed by atoms with van der Waals surface area (Å²) >= 11 is 0. The van der Waals surface area contributed by atoms with Crippen LogP contribution in [0.1, 0.15) is 69.8 Å². The number of rotatable bonds is 9. The zero-order valence-electron chi connectivity index (χ0n) is 20.5. The zero-order valence-corrected chi connectivity index (χ0v) is 20.5. The molecule has 0 bridgehead atoms. The van der Waals surface area contributed by atoms with Crippen LogP contribution in [0, 0.1) is 42.4 Å². The maximum atomic E-state index is 12.3. The number of carbonyl (C=O) groups is 1. The van der Waals surface area contributed by atoms with Crippen LogP contribution in [-0.2, 0) is 9.53 Å². The first-order valence-electron chi connectivity index (χ1n) is 12.0. The van der Waals surface area contributed by atoms with Crippen LogP contribution >= 0.6 is 0 Å². The fourth-order valence-corrected chi connectivity index (χ4v) is 5.38. The fourth-order valence-electron chi connectivity index (χ4n) is 5.38. The molecule has 0 aromatic carbocycles. The van der Waals surface area contributed by atoms with Crippen LogP contribution < -0.4 is 5.82 Å². The van der Waals surface area contributed by atoms with Crippen molar-refractivity contribution >= 4 is 5.97 Å². The van der Waals surface area contributed by atoms with Gasteiger partial charge in [-0.1, -0.05) is 30.7 Å².